The number of halogens is 1. The van der Waals surface area contributed by atoms with Gasteiger partial charge >= 0.3 is 5.97 Å². The van der Waals surface area contributed by atoms with Crippen molar-refractivity contribution in [1.82, 2.24) is 4.90 Å². The molecule has 0 aliphatic heterocycles. The zero-order valence-corrected chi connectivity index (χ0v) is 15.2. The summed E-state index contributed by atoms with van der Waals surface area (Å²) in [6, 6.07) is 15.5. The van der Waals surface area contributed by atoms with E-state index in [1.807, 2.05) is 30.3 Å². The average Bonchev–Trinajstić information content (AvgIpc) is 2.59. The Balaban J connectivity index is 1.91. The summed E-state index contributed by atoms with van der Waals surface area (Å²) >= 11 is 3.36. The van der Waals surface area contributed by atoms with Gasteiger partial charge in [-0.3, -0.25) is 4.90 Å². The first-order valence-electron chi connectivity index (χ1n) is 7.85. The zero-order valence-electron chi connectivity index (χ0n) is 13.6. The van der Waals surface area contributed by atoms with Gasteiger partial charge in [-0.15, -0.1) is 0 Å². The van der Waals surface area contributed by atoms with Gasteiger partial charge < -0.3 is 4.74 Å². The summed E-state index contributed by atoms with van der Waals surface area (Å²) in [7, 11) is 0. The van der Waals surface area contributed by atoms with Gasteiger partial charge in [0.05, 0.1) is 5.56 Å². The van der Waals surface area contributed by atoms with Gasteiger partial charge in [-0.25, -0.2) is 4.79 Å². The summed E-state index contributed by atoms with van der Waals surface area (Å²) < 4.78 is 6.13. The highest BCUT2D eigenvalue weighted by atomic mass is 79.9. The van der Waals surface area contributed by atoms with E-state index in [0.29, 0.717) is 5.56 Å². The van der Waals surface area contributed by atoms with E-state index in [4.69, 9.17) is 4.74 Å². The predicted molar refractivity (Wildman–Crippen MR) is 96.3 cm³/mol. The molecule has 0 heterocycles. The summed E-state index contributed by atoms with van der Waals surface area (Å²) in [6.07, 6.45) is 0. The maximum Gasteiger partial charge on any atom is 0.339 e. The molecule has 0 bridgehead atoms. The SMILES string of the molecule is CCN(CC)Cc1ccc(COC(=O)c2ccccc2Br)cc1. The van der Waals surface area contributed by atoms with Crippen LogP contribution < -0.4 is 0 Å². The molecule has 2 rings (SSSR count). The van der Waals surface area contributed by atoms with Crippen LogP contribution in [-0.2, 0) is 17.9 Å². The molecule has 0 atom stereocenters. The Morgan fingerprint density at radius 1 is 1.00 bits per heavy atom. The van der Waals surface area contributed by atoms with Crippen molar-refractivity contribution in [3.8, 4) is 0 Å². The molecule has 3 nitrogen and oxygen atoms in total. The van der Waals surface area contributed by atoms with Crippen molar-refractivity contribution in [3.05, 3.63) is 69.7 Å². The summed E-state index contributed by atoms with van der Waals surface area (Å²) in [5.41, 5.74) is 2.81. The van der Waals surface area contributed by atoms with Gasteiger partial charge in [0.15, 0.2) is 0 Å². The molecule has 0 saturated carbocycles. The van der Waals surface area contributed by atoms with E-state index < -0.39 is 0 Å². The van der Waals surface area contributed by atoms with Crippen LogP contribution in [0.4, 0.5) is 0 Å². The minimum atomic E-state index is -0.315. The fourth-order valence-electron chi connectivity index (χ4n) is 2.30. The van der Waals surface area contributed by atoms with E-state index >= 15 is 0 Å². The topological polar surface area (TPSA) is 29.5 Å². The second kappa shape index (κ2) is 8.85. The minimum absolute atomic E-state index is 0.283. The minimum Gasteiger partial charge on any atom is -0.457 e. The third-order valence-electron chi connectivity index (χ3n) is 3.79. The quantitative estimate of drug-likeness (QED) is 0.659. The summed E-state index contributed by atoms with van der Waals surface area (Å²) in [5, 5.41) is 0. The molecule has 0 aliphatic rings. The molecule has 0 saturated heterocycles. The first-order chi connectivity index (χ1) is 11.1. The van der Waals surface area contributed by atoms with Crippen LogP contribution in [-0.4, -0.2) is 24.0 Å². The van der Waals surface area contributed by atoms with Crippen LogP contribution in [0.3, 0.4) is 0 Å². The lowest BCUT2D eigenvalue weighted by atomic mass is 10.1. The fourth-order valence-corrected chi connectivity index (χ4v) is 2.75. The first kappa shape index (κ1) is 17.7. The number of rotatable bonds is 7. The van der Waals surface area contributed by atoms with Gasteiger partial charge in [-0.1, -0.05) is 50.2 Å². The fraction of sp³-hybridized carbons (Fsp3) is 0.316. The van der Waals surface area contributed by atoms with Crippen molar-refractivity contribution >= 4 is 21.9 Å². The molecule has 0 amide bonds. The van der Waals surface area contributed by atoms with Crippen molar-refractivity contribution in [1.29, 1.82) is 0 Å². The standard InChI is InChI=1S/C19H22BrNO2/c1-3-21(4-2)13-15-9-11-16(12-10-15)14-23-19(22)17-7-5-6-8-18(17)20/h5-12H,3-4,13-14H2,1-2H3. The highest BCUT2D eigenvalue weighted by molar-refractivity contribution is 9.10. The Kier molecular flexibility index (Phi) is 6.81. The molecule has 2 aromatic rings. The first-order valence-corrected chi connectivity index (χ1v) is 8.65. The predicted octanol–water partition coefficient (Wildman–Crippen LogP) is 4.65. The van der Waals surface area contributed by atoms with Crippen LogP contribution >= 0.6 is 15.9 Å². The van der Waals surface area contributed by atoms with Gasteiger partial charge in [0.25, 0.3) is 0 Å². The molecule has 0 aliphatic carbocycles. The Morgan fingerprint density at radius 2 is 1.61 bits per heavy atom. The summed E-state index contributed by atoms with van der Waals surface area (Å²) in [6.45, 7) is 7.65. The van der Waals surface area contributed by atoms with E-state index in [-0.39, 0.29) is 12.6 Å². The molecule has 2 aromatic carbocycles. The highest BCUT2D eigenvalue weighted by Gasteiger charge is 2.10. The van der Waals surface area contributed by atoms with E-state index in [9.17, 15) is 4.79 Å². The van der Waals surface area contributed by atoms with Crippen LogP contribution in [0.2, 0.25) is 0 Å². The molecular weight excluding hydrogens is 354 g/mol. The Labute approximate surface area is 146 Å². The van der Waals surface area contributed by atoms with Crippen LogP contribution in [0.15, 0.2) is 53.0 Å². The van der Waals surface area contributed by atoms with Crippen LogP contribution in [0.5, 0.6) is 0 Å². The number of carbonyl (C=O) groups is 1. The zero-order chi connectivity index (χ0) is 16.7. The lowest BCUT2D eigenvalue weighted by molar-refractivity contribution is 0.0471. The van der Waals surface area contributed by atoms with Crippen molar-refractivity contribution in [2.75, 3.05) is 13.1 Å². The molecule has 23 heavy (non-hydrogen) atoms. The van der Waals surface area contributed by atoms with Gasteiger partial charge in [-0.2, -0.15) is 0 Å². The Morgan fingerprint density at radius 3 is 2.22 bits per heavy atom. The number of carbonyl (C=O) groups excluding carboxylic acids is 1. The molecule has 0 aromatic heterocycles. The van der Waals surface area contributed by atoms with E-state index in [1.165, 1.54) is 5.56 Å². The van der Waals surface area contributed by atoms with E-state index in [2.05, 4.69) is 46.8 Å². The van der Waals surface area contributed by atoms with Gasteiger partial charge in [-0.05, 0) is 52.3 Å². The number of ether oxygens (including phenoxy) is 1. The highest BCUT2D eigenvalue weighted by Crippen LogP contribution is 2.17. The van der Waals surface area contributed by atoms with Crippen molar-refractivity contribution in [3.63, 3.8) is 0 Å². The summed E-state index contributed by atoms with van der Waals surface area (Å²) in [5.74, 6) is -0.315. The average molecular weight is 376 g/mol. The number of esters is 1. The number of benzene rings is 2. The van der Waals surface area contributed by atoms with Crippen LogP contribution in [0, 0.1) is 0 Å². The largest absolute Gasteiger partial charge is 0.457 e. The Hall–Kier alpha value is -1.65. The molecular formula is C19H22BrNO2. The smallest absolute Gasteiger partial charge is 0.339 e. The lowest BCUT2D eigenvalue weighted by Crippen LogP contribution is -2.22. The number of hydrogen-bond donors (Lipinski definition) is 0. The maximum atomic E-state index is 12.1. The molecule has 0 unspecified atom stereocenters. The van der Waals surface area contributed by atoms with E-state index in [1.54, 1.807) is 6.07 Å². The van der Waals surface area contributed by atoms with Crippen molar-refractivity contribution in [2.45, 2.75) is 27.0 Å². The van der Waals surface area contributed by atoms with E-state index in [0.717, 1.165) is 29.7 Å². The number of nitrogens with zero attached hydrogens (tertiary/aromatic N) is 1. The van der Waals surface area contributed by atoms with Crippen molar-refractivity contribution in [2.24, 2.45) is 0 Å². The van der Waals surface area contributed by atoms with Crippen LogP contribution in [0.25, 0.3) is 0 Å². The molecule has 0 N–H and O–H groups in total. The third-order valence-corrected chi connectivity index (χ3v) is 4.48. The maximum absolute atomic E-state index is 12.1. The molecule has 122 valence electrons. The van der Waals surface area contributed by atoms with Gasteiger partial charge in [0.2, 0.25) is 0 Å². The number of hydrogen-bond acceptors (Lipinski definition) is 3. The second-order valence-corrected chi connectivity index (χ2v) is 6.19. The second-order valence-electron chi connectivity index (χ2n) is 5.33. The Bertz CT molecular complexity index is 636. The molecule has 0 spiro atoms. The van der Waals surface area contributed by atoms with Gasteiger partial charge in [0, 0.05) is 11.0 Å². The molecule has 4 heteroatoms. The van der Waals surface area contributed by atoms with Gasteiger partial charge in [0.1, 0.15) is 6.61 Å². The monoisotopic (exact) mass is 375 g/mol. The normalized spacial score (nSPS) is 10.8. The van der Waals surface area contributed by atoms with Crippen molar-refractivity contribution < 1.29 is 9.53 Å². The third kappa shape index (κ3) is 5.19. The summed E-state index contributed by atoms with van der Waals surface area (Å²) in [4.78, 5) is 14.4. The molecule has 0 radical (unpaired) electrons. The molecule has 0 fully saturated rings. The van der Waals surface area contributed by atoms with Crippen LogP contribution in [0.1, 0.15) is 35.3 Å². The lowest BCUT2D eigenvalue weighted by Gasteiger charge is -2.18.